The van der Waals surface area contributed by atoms with E-state index in [9.17, 15) is 0 Å². The highest BCUT2D eigenvalue weighted by molar-refractivity contribution is 6.11. The SMILES string of the molecule is CC1(C)c2ccccc2-c2cc(N(c3ccc4ccccc4c3)c3ccc4c(c3)c3ccccc3n4-c3ccc(-c4ccccc4)cc3)ccc21. The number of para-hydroxylation sites is 1. The molecule has 0 fully saturated rings. The van der Waals surface area contributed by atoms with Gasteiger partial charge >= 0.3 is 0 Å². The van der Waals surface area contributed by atoms with Gasteiger partial charge in [-0.15, -0.1) is 0 Å². The first-order valence-electron chi connectivity index (χ1n) is 17.8. The summed E-state index contributed by atoms with van der Waals surface area (Å²) in [5, 5.41) is 4.94. The molecule has 1 aromatic heterocycles. The first-order chi connectivity index (χ1) is 25.0. The highest BCUT2D eigenvalue weighted by Crippen LogP contribution is 2.51. The van der Waals surface area contributed by atoms with Gasteiger partial charge in [0.05, 0.1) is 11.0 Å². The lowest BCUT2D eigenvalue weighted by molar-refractivity contribution is 0.660. The van der Waals surface area contributed by atoms with Crippen LogP contribution in [0, 0.1) is 0 Å². The summed E-state index contributed by atoms with van der Waals surface area (Å²) in [5.74, 6) is 0. The molecule has 1 aliphatic carbocycles. The van der Waals surface area contributed by atoms with Crippen LogP contribution < -0.4 is 4.90 Å². The maximum atomic E-state index is 2.43. The zero-order valence-electron chi connectivity index (χ0n) is 28.7. The monoisotopic (exact) mass is 652 g/mol. The molecule has 2 heteroatoms. The van der Waals surface area contributed by atoms with Crippen molar-refractivity contribution in [1.29, 1.82) is 0 Å². The summed E-state index contributed by atoms with van der Waals surface area (Å²) in [7, 11) is 0. The number of anilines is 3. The highest BCUT2D eigenvalue weighted by Gasteiger charge is 2.35. The molecule has 51 heavy (non-hydrogen) atoms. The van der Waals surface area contributed by atoms with Crippen molar-refractivity contribution in [3.8, 4) is 27.9 Å². The van der Waals surface area contributed by atoms with Gasteiger partial charge in [0.15, 0.2) is 0 Å². The number of fused-ring (bicyclic) bond motifs is 7. The number of hydrogen-bond donors (Lipinski definition) is 0. The van der Waals surface area contributed by atoms with Crippen molar-refractivity contribution >= 4 is 49.6 Å². The van der Waals surface area contributed by atoms with Crippen LogP contribution in [-0.4, -0.2) is 4.57 Å². The van der Waals surface area contributed by atoms with Crippen molar-refractivity contribution in [2.45, 2.75) is 19.3 Å². The Bertz CT molecular complexity index is 2770. The topological polar surface area (TPSA) is 8.17 Å². The third-order valence-corrected chi connectivity index (χ3v) is 11.0. The van der Waals surface area contributed by atoms with Crippen LogP contribution in [0.25, 0.3) is 60.5 Å². The Morgan fingerprint density at radius 2 is 1.02 bits per heavy atom. The number of aromatic nitrogens is 1. The molecule has 0 spiro atoms. The van der Waals surface area contributed by atoms with E-state index < -0.39 is 0 Å². The molecule has 0 amide bonds. The van der Waals surface area contributed by atoms with Crippen LogP contribution in [0.4, 0.5) is 17.1 Å². The van der Waals surface area contributed by atoms with Crippen LogP contribution in [0.5, 0.6) is 0 Å². The molecule has 0 saturated carbocycles. The first-order valence-corrected chi connectivity index (χ1v) is 17.8. The Hall–Kier alpha value is -6.38. The predicted molar refractivity (Wildman–Crippen MR) is 216 cm³/mol. The first kappa shape index (κ1) is 29.5. The zero-order chi connectivity index (χ0) is 34.1. The van der Waals surface area contributed by atoms with Crippen molar-refractivity contribution in [1.82, 2.24) is 4.57 Å². The third-order valence-electron chi connectivity index (χ3n) is 11.0. The second-order valence-electron chi connectivity index (χ2n) is 14.2. The van der Waals surface area contributed by atoms with E-state index in [2.05, 4.69) is 205 Å². The minimum Gasteiger partial charge on any atom is -0.310 e. The Labute approximate surface area is 298 Å². The van der Waals surface area contributed by atoms with E-state index in [0.29, 0.717) is 0 Å². The van der Waals surface area contributed by atoms with Gasteiger partial charge in [0.1, 0.15) is 0 Å². The smallest absolute Gasteiger partial charge is 0.0542 e. The van der Waals surface area contributed by atoms with E-state index in [0.717, 1.165) is 22.7 Å². The fourth-order valence-electron chi connectivity index (χ4n) is 8.42. The van der Waals surface area contributed by atoms with Crippen LogP contribution in [-0.2, 0) is 5.41 Å². The van der Waals surface area contributed by atoms with E-state index in [4.69, 9.17) is 0 Å². The molecule has 1 aliphatic rings. The fraction of sp³-hybridized carbons (Fsp3) is 0.0612. The van der Waals surface area contributed by atoms with Crippen LogP contribution in [0.3, 0.4) is 0 Å². The molecule has 0 atom stereocenters. The summed E-state index contributed by atoms with van der Waals surface area (Å²) in [6, 6.07) is 66.7. The second-order valence-corrected chi connectivity index (χ2v) is 14.2. The summed E-state index contributed by atoms with van der Waals surface area (Å²) in [4.78, 5) is 2.43. The molecule has 10 rings (SSSR count). The Morgan fingerprint density at radius 3 is 1.88 bits per heavy atom. The van der Waals surface area contributed by atoms with Crippen molar-refractivity contribution in [3.05, 3.63) is 193 Å². The van der Waals surface area contributed by atoms with Crippen LogP contribution in [0.15, 0.2) is 182 Å². The molecule has 8 aromatic carbocycles. The van der Waals surface area contributed by atoms with Crippen LogP contribution in [0.2, 0.25) is 0 Å². The van der Waals surface area contributed by atoms with Gasteiger partial charge in [-0.05, 0) is 105 Å². The predicted octanol–water partition coefficient (Wildman–Crippen LogP) is 13.4. The summed E-state index contributed by atoms with van der Waals surface area (Å²) < 4.78 is 2.40. The molecule has 0 N–H and O–H groups in total. The molecule has 1 heterocycles. The fourth-order valence-corrected chi connectivity index (χ4v) is 8.42. The lowest BCUT2D eigenvalue weighted by Gasteiger charge is -2.27. The normalized spacial score (nSPS) is 13.1. The summed E-state index contributed by atoms with van der Waals surface area (Å²) >= 11 is 0. The van der Waals surface area contributed by atoms with Gasteiger partial charge in [-0.25, -0.2) is 0 Å². The number of hydrogen-bond acceptors (Lipinski definition) is 1. The van der Waals surface area contributed by atoms with E-state index in [1.54, 1.807) is 0 Å². The molecule has 0 radical (unpaired) electrons. The van der Waals surface area contributed by atoms with Crippen LogP contribution in [0.1, 0.15) is 25.0 Å². The maximum absolute atomic E-state index is 2.43. The average molecular weight is 653 g/mol. The summed E-state index contributed by atoms with van der Waals surface area (Å²) in [5.41, 5.74) is 14.8. The van der Waals surface area contributed by atoms with Crippen molar-refractivity contribution in [3.63, 3.8) is 0 Å². The van der Waals surface area contributed by atoms with E-state index in [-0.39, 0.29) is 5.41 Å². The quantitative estimate of drug-likeness (QED) is 0.180. The molecule has 9 aromatic rings. The molecule has 0 bridgehead atoms. The Morgan fingerprint density at radius 1 is 0.412 bits per heavy atom. The van der Waals surface area contributed by atoms with Gasteiger partial charge in [0, 0.05) is 38.9 Å². The molecule has 242 valence electrons. The van der Waals surface area contributed by atoms with E-state index in [1.807, 2.05) is 0 Å². The number of rotatable bonds is 5. The molecular weight excluding hydrogens is 617 g/mol. The lowest BCUT2D eigenvalue weighted by atomic mass is 9.82. The number of nitrogens with zero attached hydrogens (tertiary/aromatic N) is 2. The second kappa shape index (κ2) is 11.3. The van der Waals surface area contributed by atoms with Gasteiger partial charge in [0.2, 0.25) is 0 Å². The number of benzene rings is 8. The zero-order valence-corrected chi connectivity index (χ0v) is 28.7. The summed E-state index contributed by atoms with van der Waals surface area (Å²) in [6.07, 6.45) is 0. The molecular formula is C49H36N2. The maximum Gasteiger partial charge on any atom is 0.0542 e. The molecule has 0 aliphatic heterocycles. The van der Waals surface area contributed by atoms with Crippen LogP contribution >= 0.6 is 0 Å². The van der Waals surface area contributed by atoms with Gasteiger partial charge in [-0.3, -0.25) is 0 Å². The largest absolute Gasteiger partial charge is 0.310 e. The van der Waals surface area contributed by atoms with Gasteiger partial charge in [-0.1, -0.05) is 135 Å². The Kier molecular flexibility index (Phi) is 6.56. The molecule has 2 nitrogen and oxygen atoms in total. The third kappa shape index (κ3) is 4.64. The summed E-state index contributed by atoms with van der Waals surface area (Å²) in [6.45, 7) is 4.69. The highest BCUT2D eigenvalue weighted by atomic mass is 15.1. The average Bonchev–Trinajstić information content (AvgIpc) is 3.63. The van der Waals surface area contributed by atoms with Crippen molar-refractivity contribution in [2.24, 2.45) is 0 Å². The van der Waals surface area contributed by atoms with Gasteiger partial charge < -0.3 is 9.47 Å². The van der Waals surface area contributed by atoms with Crippen molar-refractivity contribution < 1.29 is 0 Å². The van der Waals surface area contributed by atoms with Gasteiger partial charge in [0.25, 0.3) is 0 Å². The standard InChI is InChI=1S/C49H36N2/c1-49(2)45-18-10-8-16-41(45)43-31-39(26-28-46(43)49)50(38-25-22-34-14-6-7-15-36(34)30-38)40-27-29-48-44(32-40)42-17-9-11-19-47(42)51(48)37-23-20-35(21-24-37)33-12-4-3-5-13-33/h3-32H,1-2H3. The Balaban J connectivity index is 1.17. The van der Waals surface area contributed by atoms with Crippen molar-refractivity contribution in [2.75, 3.05) is 4.90 Å². The van der Waals surface area contributed by atoms with Gasteiger partial charge in [-0.2, -0.15) is 0 Å². The minimum atomic E-state index is -0.0434. The lowest BCUT2D eigenvalue weighted by Crippen LogP contribution is -2.15. The minimum absolute atomic E-state index is 0.0434. The van der Waals surface area contributed by atoms with E-state index >= 15 is 0 Å². The molecule has 0 unspecified atom stereocenters. The van der Waals surface area contributed by atoms with E-state index in [1.165, 1.54) is 66.0 Å². The molecule has 0 saturated heterocycles.